The number of nitrogens with one attached hydrogen (secondary N) is 1. The maximum atomic E-state index is 12.5. The molecule has 2 aromatic heterocycles. The van der Waals surface area contributed by atoms with E-state index in [1.165, 1.54) is 0 Å². The van der Waals surface area contributed by atoms with E-state index in [2.05, 4.69) is 26.6 Å². The molecule has 1 amide bonds. The van der Waals surface area contributed by atoms with Gasteiger partial charge in [0.2, 0.25) is 11.8 Å². The third-order valence-electron chi connectivity index (χ3n) is 4.00. The van der Waals surface area contributed by atoms with Gasteiger partial charge in [0.25, 0.3) is 5.91 Å². The summed E-state index contributed by atoms with van der Waals surface area (Å²) in [7, 11) is 0. The van der Waals surface area contributed by atoms with Crippen LogP contribution in [0.25, 0.3) is 11.3 Å². The molecule has 7 heteroatoms. The van der Waals surface area contributed by atoms with Crippen molar-refractivity contribution in [1.82, 2.24) is 20.5 Å². The second-order valence-electron chi connectivity index (χ2n) is 6.45. The Morgan fingerprint density at radius 1 is 1.11 bits per heavy atom. The van der Waals surface area contributed by atoms with E-state index in [4.69, 9.17) is 9.68 Å². The van der Waals surface area contributed by atoms with Gasteiger partial charge in [-0.1, -0.05) is 26.0 Å². The number of amides is 1. The molecule has 1 N–H and O–H groups in total. The van der Waals surface area contributed by atoms with Crippen molar-refractivity contribution in [3.63, 3.8) is 0 Å². The van der Waals surface area contributed by atoms with Crippen molar-refractivity contribution < 1.29 is 9.21 Å². The fourth-order valence-corrected chi connectivity index (χ4v) is 2.45. The van der Waals surface area contributed by atoms with Crippen LogP contribution < -0.4 is 5.32 Å². The number of carbonyl (C=O) groups is 1. The Bertz CT molecular complexity index is 986. The number of rotatable bonds is 5. The lowest BCUT2D eigenvalue weighted by molar-refractivity contribution is 0.0934. The van der Waals surface area contributed by atoms with Gasteiger partial charge in [0.05, 0.1) is 17.3 Å². The van der Waals surface area contributed by atoms with Crippen LogP contribution in [0.15, 0.2) is 47.0 Å². The van der Waals surface area contributed by atoms with Gasteiger partial charge >= 0.3 is 0 Å². The zero-order valence-corrected chi connectivity index (χ0v) is 15.3. The summed E-state index contributed by atoms with van der Waals surface area (Å²) in [5.74, 6) is 0.815. The summed E-state index contributed by atoms with van der Waals surface area (Å²) in [6.07, 6.45) is 1.59. The average molecular weight is 361 g/mol. The molecular formula is C20H19N5O2. The molecule has 0 bridgehead atoms. The third-order valence-corrected chi connectivity index (χ3v) is 4.00. The molecule has 0 unspecified atom stereocenters. The van der Waals surface area contributed by atoms with Crippen molar-refractivity contribution >= 4 is 5.91 Å². The lowest BCUT2D eigenvalue weighted by Crippen LogP contribution is -2.26. The molecule has 0 saturated carbocycles. The first-order chi connectivity index (χ1) is 13.0. The van der Waals surface area contributed by atoms with Gasteiger partial charge < -0.3 is 9.73 Å². The summed E-state index contributed by atoms with van der Waals surface area (Å²) in [4.78, 5) is 16.7. The molecule has 0 fully saturated rings. The smallest absolute Gasteiger partial charge is 0.251 e. The summed E-state index contributed by atoms with van der Waals surface area (Å²) in [5.41, 5.74) is 2.55. The summed E-state index contributed by atoms with van der Waals surface area (Å²) in [6.45, 7) is 5.72. The number of nitrogens with zero attached hydrogens (tertiary/aromatic N) is 4. The van der Waals surface area contributed by atoms with Crippen LogP contribution in [-0.4, -0.2) is 21.1 Å². The minimum absolute atomic E-state index is 0.134. The molecule has 0 radical (unpaired) electrons. The van der Waals surface area contributed by atoms with E-state index in [9.17, 15) is 4.79 Å². The SMILES string of the molecule is CC(C)c1nnc([C@@H](C)NC(=O)c2ccc(-c3cc(C#N)ccn3)cc2)o1. The highest BCUT2D eigenvalue weighted by Crippen LogP contribution is 2.20. The van der Waals surface area contributed by atoms with E-state index >= 15 is 0 Å². The molecule has 136 valence electrons. The highest BCUT2D eigenvalue weighted by Gasteiger charge is 2.18. The van der Waals surface area contributed by atoms with Gasteiger partial charge in [-0.05, 0) is 31.2 Å². The highest BCUT2D eigenvalue weighted by atomic mass is 16.4. The minimum Gasteiger partial charge on any atom is -0.423 e. The number of nitriles is 1. The summed E-state index contributed by atoms with van der Waals surface area (Å²) in [5, 5.41) is 19.8. The average Bonchev–Trinajstić information content (AvgIpc) is 3.19. The topological polar surface area (TPSA) is 105 Å². The maximum absolute atomic E-state index is 12.5. The van der Waals surface area contributed by atoms with Crippen LogP contribution in [0.4, 0.5) is 0 Å². The van der Waals surface area contributed by atoms with Crippen molar-refractivity contribution in [2.24, 2.45) is 0 Å². The van der Waals surface area contributed by atoms with Crippen molar-refractivity contribution in [1.29, 1.82) is 5.26 Å². The van der Waals surface area contributed by atoms with Crippen LogP contribution in [0.3, 0.4) is 0 Å². The third kappa shape index (κ3) is 4.18. The predicted octanol–water partition coefficient (Wildman–Crippen LogP) is 3.62. The molecule has 0 aliphatic carbocycles. The number of hydrogen-bond donors (Lipinski definition) is 1. The van der Waals surface area contributed by atoms with Crippen LogP contribution in [0, 0.1) is 11.3 Å². The molecule has 0 spiro atoms. The van der Waals surface area contributed by atoms with E-state index in [1.807, 2.05) is 13.8 Å². The van der Waals surface area contributed by atoms with E-state index in [0.717, 1.165) is 5.56 Å². The van der Waals surface area contributed by atoms with Crippen molar-refractivity contribution in [2.45, 2.75) is 32.7 Å². The normalized spacial score (nSPS) is 11.8. The van der Waals surface area contributed by atoms with Gasteiger partial charge in [-0.2, -0.15) is 5.26 Å². The molecule has 2 heterocycles. The fraction of sp³-hybridized carbons (Fsp3) is 0.250. The maximum Gasteiger partial charge on any atom is 0.251 e. The predicted molar refractivity (Wildman–Crippen MR) is 98.7 cm³/mol. The summed E-state index contributed by atoms with van der Waals surface area (Å²) >= 11 is 0. The van der Waals surface area contributed by atoms with E-state index in [-0.39, 0.29) is 11.8 Å². The quantitative estimate of drug-likeness (QED) is 0.744. The van der Waals surface area contributed by atoms with E-state index in [0.29, 0.717) is 28.6 Å². The summed E-state index contributed by atoms with van der Waals surface area (Å²) < 4.78 is 5.57. The lowest BCUT2D eigenvalue weighted by atomic mass is 10.1. The van der Waals surface area contributed by atoms with Crippen molar-refractivity contribution in [3.8, 4) is 17.3 Å². The Kier molecular flexibility index (Phi) is 5.27. The molecule has 1 atom stereocenters. The fourth-order valence-electron chi connectivity index (χ4n) is 2.45. The minimum atomic E-state index is -0.397. The Balaban J connectivity index is 1.70. The van der Waals surface area contributed by atoms with Gasteiger partial charge in [0.15, 0.2) is 0 Å². The second-order valence-corrected chi connectivity index (χ2v) is 6.45. The Morgan fingerprint density at radius 3 is 2.44 bits per heavy atom. The van der Waals surface area contributed by atoms with Gasteiger partial charge in [-0.25, -0.2) is 0 Å². The molecule has 0 saturated heterocycles. The lowest BCUT2D eigenvalue weighted by Gasteiger charge is -2.10. The van der Waals surface area contributed by atoms with Crippen LogP contribution in [0.5, 0.6) is 0 Å². The molecule has 1 aromatic carbocycles. The van der Waals surface area contributed by atoms with Crippen molar-refractivity contribution in [3.05, 3.63) is 65.5 Å². The molecule has 0 aliphatic rings. The van der Waals surface area contributed by atoms with Gasteiger partial charge in [-0.3, -0.25) is 9.78 Å². The molecule has 0 aliphatic heterocycles. The first-order valence-corrected chi connectivity index (χ1v) is 8.58. The van der Waals surface area contributed by atoms with E-state index < -0.39 is 6.04 Å². The zero-order chi connectivity index (χ0) is 19.4. The van der Waals surface area contributed by atoms with E-state index in [1.54, 1.807) is 49.5 Å². The second kappa shape index (κ2) is 7.79. The number of benzene rings is 1. The first-order valence-electron chi connectivity index (χ1n) is 8.58. The number of carbonyl (C=O) groups excluding carboxylic acids is 1. The molecule has 7 nitrogen and oxygen atoms in total. The number of hydrogen-bond acceptors (Lipinski definition) is 6. The van der Waals surface area contributed by atoms with Gasteiger partial charge in [-0.15, -0.1) is 10.2 Å². The highest BCUT2D eigenvalue weighted by molar-refractivity contribution is 5.94. The largest absolute Gasteiger partial charge is 0.423 e. The number of aromatic nitrogens is 3. The monoisotopic (exact) mass is 361 g/mol. The molecule has 27 heavy (non-hydrogen) atoms. The zero-order valence-electron chi connectivity index (χ0n) is 15.3. The van der Waals surface area contributed by atoms with Crippen LogP contribution in [-0.2, 0) is 0 Å². The standard InChI is InChI=1S/C20H19N5O2/c1-12(2)19-24-25-20(27-19)13(3)23-18(26)16-6-4-15(5-7-16)17-10-14(11-21)8-9-22-17/h4-10,12-13H,1-3H3,(H,23,26)/t13-/m1/s1. The molecular weight excluding hydrogens is 342 g/mol. The van der Waals surface area contributed by atoms with Gasteiger partial charge in [0.1, 0.15) is 6.04 Å². The first kappa shape index (κ1) is 18.3. The van der Waals surface area contributed by atoms with Crippen LogP contribution in [0.2, 0.25) is 0 Å². The molecule has 3 aromatic rings. The Morgan fingerprint density at radius 2 is 1.81 bits per heavy atom. The Hall–Kier alpha value is -3.53. The van der Waals surface area contributed by atoms with Crippen LogP contribution >= 0.6 is 0 Å². The molecule has 3 rings (SSSR count). The van der Waals surface area contributed by atoms with Crippen LogP contribution in [0.1, 0.15) is 60.4 Å². The number of pyridine rings is 1. The summed E-state index contributed by atoms with van der Waals surface area (Å²) in [6, 6.07) is 12.1. The van der Waals surface area contributed by atoms with Gasteiger partial charge in [0, 0.05) is 23.2 Å². The van der Waals surface area contributed by atoms with Crippen molar-refractivity contribution in [2.75, 3.05) is 0 Å². The Labute approximate surface area is 157 Å².